The van der Waals surface area contributed by atoms with Crippen LogP contribution in [0.2, 0.25) is 0 Å². The van der Waals surface area contributed by atoms with Crippen molar-refractivity contribution >= 4 is 5.82 Å². The van der Waals surface area contributed by atoms with Gasteiger partial charge in [-0.2, -0.15) is 5.26 Å². The number of pyridine rings is 1. The molecule has 0 N–H and O–H groups in total. The van der Waals surface area contributed by atoms with Gasteiger partial charge in [0.1, 0.15) is 11.9 Å². The van der Waals surface area contributed by atoms with Crippen molar-refractivity contribution in [2.45, 2.75) is 25.7 Å². The lowest BCUT2D eigenvalue weighted by Crippen LogP contribution is -2.37. The highest BCUT2D eigenvalue weighted by atomic mass is 16.5. The first-order chi connectivity index (χ1) is 8.90. The van der Waals surface area contributed by atoms with Crippen LogP contribution in [0.5, 0.6) is 0 Å². The predicted molar refractivity (Wildman–Crippen MR) is 68.6 cm³/mol. The van der Waals surface area contributed by atoms with Crippen LogP contribution >= 0.6 is 0 Å². The second kappa shape index (κ2) is 4.95. The summed E-state index contributed by atoms with van der Waals surface area (Å²) in [5.41, 5.74) is 3.31. The van der Waals surface area contributed by atoms with Crippen LogP contribution in [0.4, 0.5) is 5.82 Å². The van der Waals surface area contributed by atoms with E-state index in [0.29, 0.717) is 0 Å². The van der Waals surface area contributed by atoms with Crippen LogP contribution in [0.25, 0.3) is 0 Å². The third kappa shape index (κ3) is 1.95. The van der Waals surface area contributed by atoms with Gasteiger partial charge in [0.05, 0.1) is 18.8 Å². The molecule has 0 bridgehead atoms. The third-order valence-electron chi connectivity index (χ3n) is 3.81. The Labute approximate surface area is 107 Å². The van der Waals surface area contributed by atoms with E-state index in [2.05, 4.69) is 16.0 Å². The van der Waals surface area contributed by atoms with Gasteiger partial charge >= 0.3 is 0 Å². The Kier molecular flexibility index (Phi) is 3.16. The van der Waals surface area contributed by atoms with Crippen LogP contribution in [-0.2, 0) is 17.6 Å². The molecule has 94 valence electrons. The molecule has 1 aromatic heterocycles. The zero-order valence-corrected chi connectivity index (χ0v) is 10.5. The minimum absolute atomic E-state index is 0.765. The van der Waals surface area contributed by atoms with Crippen molar-refractivity contribution in [2.24, 2.45) is 0 Å². The zero-order chi connectivity index (χ0) is 12.4. The van der Waals surface area contributed by atoms with E-state index < -0.39 is 0 Å². The number of ether oxygens (including phenoxy) is 1. The van der Waals surface area contributed by atoms with Gasteiger partial charge in [-0.3, -0.25) is 0 Å². The molecule has 0 saturated carbocycles. The van der Waals surface area contributed by atoms with Crippen LogP contribution in [0, 0.1) is 11.3 Å². The first-order valence-corrected chi connectivity index (χ1v) is 6.63. The molecule has 4 heteroatoms. The van der Waals surface area contributed by atoms with Gasteiger partial charge in [0, 0.05) is 19.3 Å². The SMILES string of the molecule is N#Cc1cnc(N2CCOCC2)c2c1CCCC2. The number of nitrogens with zero attached hydrogens (tertiary/aromatic N) is 3. The molecule has 0 spiro atoms. The standard InChI is InChI=1S/C14H17N3O/c15-9-11-10-16-14(17-5-7-18-8-6-17)13-4-2-1-3-12(11)13/h10H,1-8H2. The topological polar surface area (TPSA) is 49.2 Å². The lowest BCUT2D eigenvalue weighted by Gasteiger charge is -2.31. The molecule has 3 rings (SSSR count). The highest BCUT2D eigenvalue weighted by Gasteiger charge is 2.22. The molecular formula is C14H17N3O. The molecule has 0 aromatic carbocycles. The Hall–Kier alpha value is -1.60. The van der Waals surface area contributed by atoms with Crippen molar-refractivity contribution in [3.05, 3.63) is 22.9 Å². The minimum Gasteiger partial charge on any atom is -0.378 e. The Morgan fingerprint density at radius 2 is 1.89 bits per heavy atom. The van der Waals surface area contributed by atoms with Crippen molar-refractivity contribution < 1.29 is 4.74 Å². The number of rotatable bonds is 1. The maximum absolute atomic E-state index is 9.17. The van der Waals surface area contributed by atoms with E-state index in [9.17, 15) is 5.26 Å². The van der Waals surface area contributed by atoms with Gasteiger partial charge in [-0.15, -0.1) is 0 Å². The molecule has 1 aliphatic heterocycles. The molecule has 18 heavy (non-hydrogen) atoms. The summed E-state index contributed by atoms with van der Waals surface area (Å²) >= 11 is 0. The second-order valence-electron chi connectivity index (χ2n) is 4.87. The van der Waals surface area contributed by atoms with Gasteiger partial charge in [0.25, 0.3) is 0 Å². The lowest BCUT2D eigenvalue weighted by molar-refractivity contribution is 0.122. The van der Waals surface area contributed by atoms with Gasteiger partial charge in [-0.05, 0) is 36.8 Å². The molecular weight excluding hydrogens is 226 g/mol. The van der Waals surface area contributed by atoms with E-state index in [-0.39, 0.29) is 0 Å². The largest absolute Gasteiger partial charge is 0.378 e. The minimum atomic E-state index is 0.765. The summed E-state index contributed by atoms with van der Waals surface area (Å²) in [6.45, 7) is 3.36. The van der Waals surface area contributed by atoms with E-state index in [1.165, 1.54) is 24.0 Å². The molecule has 0 amide bonds. The summed E-state index contributed by atoms with van der Waals surface area (Å²) in [5.74, 6) is 1.09. The summed E-state index contributed by atoms with van der Waals surface area (Å²) in [7, 11) is 0. The third-order valence-corrected chi connectivity index (χ3v) is 3.81. The summed E-state index contributed by atoms with van der Waals surface area (Å²) in [6.07, 6.45) is 6.23. The van der Waals surface area contributed by atoms with Crippen molar-refractivity contribution in [1.82, 2.24) is 4.98 Å². The van der Waals surface area contributed by atoms with Crippen molar-refractivity contribution in [3.63, 3.8) is 0 Å². The molecule has 1 aliphatic carbocycles. The summed E-state index contributed by atoms with van der Waals surface area (Å²) in [6, 6.07) is 2.28. The number of fused-ring (bicyclic) bond motifs is 1. The molecule has 2 aliphatic rings. The monoisotopic (exact) mass is 243 g/mol. The first kappa shape index (κ1) is 11.5. The van der Waals surface area contributed by atoms with Crippen LogP contribution < -0.4 is 4.90 Å². The van der Waals surface area contributed by atoms with E-state index in [4.69, 9.17) is 4.74 Å². The molecule has 2 heterocycles. The van der Waals surface area contributed by atoms with E-state index >= 15 is 0 Å². The van der Waals surface area contributed by atoms with Crippen molar-refractivity contribution in [3.8, 4) is 6.07 Å². The molecule has 1 fully saturated rings. The van der Waals surface area contributed by atoms with E-state index in [1.54, 1.807) is 6.20 Å². The fourth-order valence-electron chi connectivity index (χ4n) is 2.87. The maximum atomic E-state index is 9.17. The van der Waals surface area contributed by atoms with Gasteiger partial charge in [0.2, 0.25) is 0 Å². The van der Waals surface area contributed by atoms with Gasteiger partial charge < -0.3 is 9.64 Å². The molecule has 1 saturated heterocycles. The average Bonchev–Trinajstić information content (AvgIpc) is 2.47. The average molecular weight is 243 g/mol. The smallest absolute Gasteiger partial charge is 0.132 e. The molecule has 1 aromatic rings. The summed E-state index contributed by atoms with van der Waals surface area (Å²) in [4.78, 5) is 6.83. The first-order valence-electron chi connectivity index (χ1n) is 6.63. The number of hydrogen-bond donors (Lipinski definition) is 0. The zero-order valence-electron chi connectivity index (χ0n) is 10.5. The number of hydrogen-bond acceptors (Lipinski definition) is 4. The highest BCUT2D eigenvalue weighted by molar-refractivity contribution is 5.56. The number of nitriles is 1. The van der Waals surface area contributed by atoms with E-state index in [1.807, 2.05) is 0 Å². The Balaban J connectivity index is 2.02. The van der Waals surface area contributed by atoms with Gasteiger partial charge in [0.15, 0.2) is 0 Å². The van der Waals surface area contributed by atoms with Crippen LogP contribution in [0.3, 0.4) is 0 Å². The Bertz CT molecular complexity index is 487. The molecule has 4 nitrogen and oxygen atoms in total. The lowest BCUT2D eigenvalue weighted by atomic mass is 9.89. The van der Waals surface area contributed by atoms with Crippen LogP contribution in [0.1, 0.15) is 29.5 Å². The normalized spacial score (nSPS) is 19.2. The number of aromatic nitrogens is 1. The number of anilines is 1. The van der Waals surface area contributed by atoms with Crippen molar-refractivity contribution in [2.75, 3.05) is 31.2 Å². The summed E-state index contributed by atoms with van der Waals surface area (Å²) < 4.78 is 5.39. The predicted octanol–water partition coefficient (Wildman–Crippen LogP) is 1.67. The van der Waals surface area contributed by atoms with Gasteiger partial charge in [-0.25, -0.2) is 4.98 Å². The Morgan fingerprint density at radius 3 is 2.61 bits per heavy atom. The summed E-state index contributed by atoms with van der Waals surface area (Å²) in [5, 5.41) is 9.17. The maximum Gasteiger partial charge on any atom is 0.132 e. The highest BCUT2D eigenvalue weighted by Crippen LogP contribution is 2.31. The van der Waals surface area contributed by atoms with Crippen molar-refractivity contribution in [1.29, 1.82) is 5.26 Å². The van der Waals surface area contributed by atoms with Gasteiger partial charge in [-0.1, -0.05) is 0 Å². The second-order valence-corrected chi connectivity index (χ2v) is 4.87. The van der Waals surface area contributed by atoms with Crippen LogP contribution in [-0.4, -0.2) is 31.3 Å². The molecule has 0 radical (unpaired) electrons. The molecule has 0 atom stereocenters. The molecule has 0 unspecified atom stereocenters. The van der Waals surface area contributed by atoms with E-state index in [0.717, 1.165) is 50.5 Å². The fourth-order valence-corrected chi connectivity index (χ4v) is 2.87. The quantitative estimate of drug-likeness (QED) is 0.753. The fraction of sp³-hybridized carbons (Fsp3) is 0.571. The van der Waals surface area contributed by atoms with Crippen LogP contribution in [0.15, 0.2) is 6.20 Å². The number of morpholine rings is 1. The Morgan fingerprint density at radius 1 is 1.17 bits per heavy atom.